The second-order valence-electron chi connectivity index (χ2n) is 5.13. The van der Waals surface area contributed by atoms with E-state index < -0.39 is 36.4 Å². The summed E-state index contributed by atoms with van der Waals surface area (Å²) in [6.45, 7) is 6.21. The zero-order valence-electron chi connectivity index (χ0n) is 14.5. The van der Waals surface area contributed by atoms with Crippen LogP contribution in [-0.2, 0) is 33.3 Å². The Balaban J connectivity index is 5.08. The maximum absolute atomic E-state index is 12.3. The van der Waals surface area contributed by atoms with Gasteiger partial charge in [-0.2, -0.15) is 0 Å². The summed E-state index contributed by atoms with van der Waals surface area (Å²) in [6, 6.07) is 0. The normalized spacial score (nSPS) is 11.0. The molecule has 0 fully saturated rings. The lowest BCUT2D eigenvalue weighted by Crippen LogP contribution is -2.46. The van der Waals surface area contributed by atoms with E-state index in [4.69, 9.17) is 18.9 Å². The molecule has 23 heavy (non-hydrogen) atoms. The Morgan fingerprint density at radius 1 is 0.739 bits per heavy atom. The van der Waals surface area contributed by atoms with Crippen LogP contribution in [0.3, 0.4) is 0 Å². The number of ether oxygens (including phenoxy) is 4. The van der Waals surface area contributed by atoms with Crippen LogP contribution in [0.1, 0.15) is 52.9 Å². The summed E-state index contributed by atoms with van der Waals surface area (Å²) in [6.07, 6.45) is 1.14. The molecule has 0 aromatic heterocycles. The van der Waals surface area contributed by atoms with Crippen molar-refractivity contribution >= 4 is 17.9 Å². The molecular weight excluding hydrogens is 304 g/mol. The first-order valence-electron chi connectivity index (χ1n) is 7.99. The molecule has 0 amide bonds. The number of methoxy groups -OCH3 is 1. The van der Waals surface area contributed by atoms with Gasteiger partial charge in [-0.1, -0.05) is 20.8 Å². The molecule has 0 saturated heterocycles. The van der Waals surface area contributed by atoms with Crippen molar-refractivity contribution in [3.8, 4) is 0 Å². The van der Waals surface area contributed by atoms with E-state index in [1.807, 2.05) is 20.8 Å². The average molecular weight is 332 g/mol. The molecule has 0 aromatic rings. The van der Waals surface area contributed by atoms with Gasteiger partial charge < -0.3 is 18.9 Å². The molecule has 0 aliphatic rings. The van der Waals surface area contributed by atoms with Gasteiger partial charge in [-0.3, -0.25) is 9.59 Å². The lowest BCUT2D eigenvalue weighted by atomic mass is 9.95. The second-order valence-corrected chi connectivity index (χ2v) is 5.13. The molecule has 134 valence electrons. The molecule has 0 aliphatic heterocycles. The molecule has 0 atom stereocenters. The van der Waals surface area contributed by atoms with Crippen molar-refractivity contribution in [2.45, 2.75) is 58.5 Å². The monoisotopic (exact) mass is 332 g/mol. The number of esters is 3. The third-order valence-corrected chi connectivity index (χ3v) is 2.99. The molecule has 0 spiro atoms. The number of hydrogen-bond acceptors (Lipinski definition) is 7. The second kappa shape index (κ2) is 11.9. The lowest BCUT2D eigenvalue weighted by Gasteiger charge is -2.28. The van der Waals surface area contributed by atoms with Crippen molar-refractivity contribution < 1.29 is 33.3 Å². The first-order valence-corrected chi connectivity index (χ1v) is 7.99. The summed E-state index contributed by atoms with van der Waals surface area (Å²) in [5.41, 5.74) is -1.72. The van der Waals surface area contributed by atoms with E-state index >= 15 is 0 Å². The average Bonchev–Trinajstić information content (AvgIpc) is 2.55. The van der Waals surface area contributed by atoms with Gasteiger partial charge in [0.25, 0.3) is 0 Å². The van der Waals surface area contributed by atoms with Crippen LogP contribution in [0.5, 0.6) is 0 Å². The van der Waals surface area contributed by atoms with Crippen molar-refractivity contribution in [2.24, 2.45) is 0 Å². The molecule has 0 bridgehead atoms. The maximum atomic E-state index is 12.3. The fraction of sp³-hybridized carbons (Fsp3) is 0.812. The van der Waals surface area contributed by atoms with Gasteiger partial charge in [0.1, 0.15) is 0 Å². The Labute approximate surface area is 137 Å². The van der Waals surface area contributed by atoms with Crippen LogP contribution >= 0.6 is 0 Å². The predicted octanol–water partition coefficient (Wildman–Crippen LogP) is 2.01. The molecule has 0 radical (unpaired) electrons. The third kappa shape index (κ3) is 7.97. The molecule has 7 nitrogen and oxygen atoms in total. The lowest BCUT2D eigenvalue weighted by molar-refractivity contribution is -0.182. The zero-order valence-corrected chi connectivity index (χ0v) is 14.5. The Hall–Kier alpha value is -1.63. The topological polar surface area (TPSA) is 88.1 Å². The van der Waals surface area contributed by atoms with E-state index in [1.54, 1.807) is 0 Å². The van der Waals surface area contributed by atoms with E-state index in [2.05, 4.69) is 0 Å². The molecule has 0 rings (SSSR count). The van der Waals surface area contributed by atoms with E-state index in [-0.39, 0.29) is 19.8 Å². The van der Waals surface area contributed by atoms with E-state index in [0.29, 0.717) is 19.3 Å². The van der Waals surface area contributed by atoms with E-state index in [0.717, 1.165) is 0 Å². The maximum Gasteiger partial charge on any atom is 0.339 e. The van der Waals surface area contributed by atoms with Crippen molar-refractivity contribution in [1.29, 1.82) is 0 Å². The minimum absolute atomic E-state index is 0.179. The van der Waals surface area contributed by atoms with Crippen LogP contribution < -0.4 is 0 Å². The molecule has 0 heterocycles. The Bertz CT molecular complexity index is 357. The van der Waals surface area contributed by atoms with Gasteiger partial charge in [0.2, 0.25) is 0 Å². The van der Waals surface area contributed by atoms with Crippen LogP contribution in [0.2, 0.25) is 0 Å². The SMILES string of the molecule is CCCOC(=O)CC(CC(=O)OCCC)(OC)C(=O)OCCC. The van der Waals surface area contributed by atoms with Crippen LogP contribution in [0.25, 0.3) is 0 Å². The van der Waals surface area contributed by atoms with Crippen LogP contribution in [0.15, 0.2) is 0 Å². The summed E-state index contributed by atoms with van der Waals surface area (Å²) in [4.78, 5) is 36.1. The minimum atomic E-state index is -1.72. The first kappa shape index (κ1) is 21.4. The summed E-state index contributed by atoms with van der Waals surface area (Å²) in [5.74, 6) is -2.00. The number of carbonyl (C=O) groups is 3. The molecule has 0 unspecified atom stereocenters. The van der Waals surface area contributed by atoms with Crippen molar-refractivity contribution in [3.63, 3.8) is 0 Å². The highest BCUT2D eigenvalue weighted by Gasteiger charge is 2.45. The zero-order chi connectivity index (χ0) is 17.7. The molecule has 0 N–H and O–H groups in total. The van der Waals surface area contributed by atoms with Crippen molar-refractivity contribution in [1.82, 2.24) is 0 Å². The quantitative estimate of drug-likeness (QED) is 0.399. The molecule has 0 saturated carbocycles. The fourth-order valence-electron chi connectivity index (χ4n) is 1.76. The smallest absolute Gasteiger partial charge is 0.339 e. The summed E-state index contributed by atoms with van der Waals surface area (Å²) in [7, 11) is 1.26. The number of carbonyl (C=O) groups excluding carboxylic acids is 3. The Morgan fingerprint density at radius 3 is 1.48 bits per heavy atom. The van der Waals surface area contributed by atoms with E-state index in [9.17, 15) is 14.4 Å². The van der Waals surface area contributed by atoms with Gasteiger partial charge in [-0.15, -0.1) is 0 Å². The fourth-order valence-corrected chi connectivity index (χ4v) is 1.76. The standard InChI is InChI=1S/C16H28O7/c1-5-8-21-13(17)11-16(20-4,15(19)23-10-7-3)12-14(18)22-9-6-2/h5-12H2,1-4H3. The van der Waals surface area contributed by atoms with Crippen molar-refractivity contribution in [2.75, 3.05) is 26.9 Å². The number of rotatable bonds is 12. The third-order valence-electron chi connectivity index (χ3n) is 2.99. The summed E-state index contributed by atoms with van der Waals surface area (Å²) in [5, 5.41) is 0. The minimum Gasteiger partial charge on any atom is -0.466 e. The molecular formula is C16H28O7. The van der Waals surface area contributed by atoms with Crippen LogP contribution in [0, 0.1) is 0 Å². The summed E-state index contributed by atoms with van der Waals surface area (Å²) < 4.78 is 20.3. The van der Waals surface area contributed by atoms with Crippen LogP contribution in [0.4, 0.5) is 0 Å². The Kier molecular flexibility index (Phi) is 11.0. The Morgan fingerprint density at radius 2 is 1.13 bits per heavy atom. The van der Waals surface area contributed by atoms with Crippen LogP contribution in [-0.4, -0.2) is 50.4 Å². The van der Waals surface area contributed by atoms with Gasteiger partial charge in [0.05, 0.1) is 32.7 Å². The highest BCUT2D eigenvalue weighted by molar-refractivity contribution is 5.90. The van der Waals surface area contributed by atoms with E-state index in [1.165, 1.54) is 7.11 Å². The molecule has 7 heteroatoms. The van der Waals surface area contributed by atoms with Gasteiger partial charge >= 0.3 is 17.9 Å². The highest BCUT2D eigenvalue weighted by atomic mass is 16.6. The predicted molar refractivity (Wildman–Crippen MR) is 82.7 cm³/mol. The molecule has 0 aromatic carbocycles. The van der Waals surface area contributed by atoms with Gasteiger partial charge in [-0.05, 0) is 19.3 Å². The van der Waals surface area contributed by atoms with Crippen molar-refractivity contribution in [3.05, 3.63) is 0 Å². The summed E-state index contributed by atoms with van der Waals surface area (Å²) >= 11 is 0. The molecule has 0 aliphatic carbocycles. The first-order chi connectivity index (χ1) is 11.0. The highest BCUT2D eigenvalue weighted by Crippen LogP contribution is 2.24. The van der Waals surface area contributed by atoms with Gasteiger partial charge in [-0.25, -0.2) is 4.79 Å². The van der Waals surface area contributed by atoms with Gasteiger partial charge in [0.15, 0.2) is 5.60 Å². The number of hydrogen-bond donors (Lipinski definition) is 0. The largest absolute Gasteiger partial charge is 0.466 e. The van der Waals surface area contributed by atoms with Gasteiger partial charge in [0, 0.05) is 7.11 Å².